The monoisotopic (exact) mass is 222 g/mol. The highest BCUT2D eigenvalue weighted by Gasteiger charge is 2.19. The van der Waals surface area contributed by atoms with Crippen LogP contribution in [0.25, 0.3) is 0 Å². The highest BCUT2D eigenvalue weighted by Crippen LogP contribution is 2.35. The van der Waals surface area contributed by atoms with Gasteiger partial charge in [-0.05, 0) is 42.4 Å². The maximum atomic E-state index is 5.17. The molecule has 0 radical (unpaired) electrons. The molecular formula is C14H22O2. The van der Waals surface area contributed by atoms with Crippen molar-refractivity contribution in [1.29, 1.82) is 0 Å². The van der Waals surface area contributed by atoms with Crippen molar-refractivity contribution in [3.05, 3.63) is 29.8 Å². The predicted molar refractivity (Wildman–Crippen MR) is 67.0 cm³/mol. The number of rotatable bonds is 2. The van der Waals surface area contributed by atoms with Crippen LogP contribution in [0.3, 0.4) is 0 Å². The molecule has 16 heavy (non-hydrogen) atoms. The molecule has 2 nitrogen and oxygen atoms in total. The Morgan fingerprint density at radius 1 is 1.00 bits per heavy atom. The van der Waals surface area contributed by atoms with Crippen molar-refractivity contribution in [2.24, 2.45) is 5.92 Å². The number of hydrogen-bond acceptors (Lipinski definition) is 1. The first-order valence-corrected chi connectivity index (χ1v) is 5.93. The van der Waals surface area contributed by atoms with E-state index in [1.807, 2.05) is 0 Å². The first-order chi connectivity index (χ1) is 7.29. The van der Waals surface area contributed by atoms with Crippen molar-refractivity contribution >= 4 is 0 Å². The van der Waals surface area contributed by atoms with Gasteiger partial charge in [0.25, 0.3) is 0 Å². The molecule has 0 aromatic heterocycles. The molecule has 0 spiro atoms. The normalized spacial score (nSPS) is 24.6. The molecule has 1 aromatic carbocycles. The quantitative estimate of drug-likeness (QED) is 0.757. The third kappa shape index (κ3) is 2.99. The van der Waals surface area contributed by atoms with Crippen LogP contribution in [0.2, 0.25) is 0 Å². The Morgan fingerprint density at radius 3 is 2.06 bits per heavy atom. The Morgan fingerprint density at radius 2 is 1.56 bits per heavy atom. The fourth-order valence-corrected chi connectivity index (χ4v) is 2.47. The molecule has 2 heteroatoms. The number of methoxy groups -OCH3 is 1. The lowest BCUT2D eigenvalue weighted by molar-refractivity contribution is 0.347. The first-order valence-electron chi connectivity index (χ1n) is 5.93. The lowest BCUT2D eigenvalue weighted by Gasteiger charge is -2.26. The van der Waals surface area contributed by atoms with Gasteiger partial charge >= 0.3 is 0 Å². The molecule has 0 bridgehead atoms. The van der Waals surface area contributed by atoms with Crippen LogP contribution in [-0.2, 0) is 0 Å². The van der Waals surface area contributed by atoms with E-state index >= 15 is 0 Å². The molecule has 0 unspecified atom stereocenters. The van der Waals surface area contributed by atoms with Crippen LogP contribution in [0, 0.1) is 5.92 Å². The molecule has 1 aliphatic rings. The van der Waals surface area contributed by atoms with E-state index in [1.54, 1.807) is 7.11 Å². The lowest BCUT2D eigenvalue weighted by Crippen LogP contribution is -2.10. The van der Waals surface area contributed by atoms with Gasteiger partial charge in [-0.3, -0.25) is 0 Å². The molecule has 1 saturated carbocycles. The third-order valence-corrected chi connectivity index (χ3v) is 3.60. The van der Waals surface area contributed by atoms with Crippen molar-refractivity contribution in [2.45, 2.75) is 38.5 Å². The van der Waals surface area contributed by atoms with E-state index in [4.69, 9.17) is 4.74 Å². The molecule has 0 amide bonds. The van der Waals surface area contributed by atoms with Gasteiger partial charge in [0.15, 0.2) is 0 Å². The van der Waals surface area contributed by atoms with E-state index in [0.717, 1.165) is 17.6 Å². The Bertz CT molecular complexity index is 297. The smallest absolute Gasteiger partial charge is 0.118 e. The summed E-state index contributed by atoms with van der Waals surface area (Å²) < 4.78 is 5.17. The van der Waals surface area contributed by atoms with Crippen LogP contribution in [0.4, 0.5) is 0 Å². The molecule has 1 aromatic rings. The number of ether oxygens (including phenoxy) is 1. The summed E-state index contributed by atoms with van der Waals surface area (Å²) in [4.78, 5) is 0. The lowest BCUT2D eigenvalue weighted by atomic mass is 9.79. The van der Waals surface area contributed by atoms with Gasteiger partial charge in [-0.2, -0.15) is 0 Å². The summed E-state index contributed by atoms with van der Waals surface area (Å²) in [5, 5.41) is 0. The van der Waals surface area contributed by atoms with Crippen LogP contribution in [0.1, 0.15) is 44.1 Å². The summed E-state index contributed by atoms with van der Waals surface area (Å²) >= 11 is 0. The number of benzene rings is 1. The minimum atomic E-state index is 0. The maximum absolute atomic E-state index is 5.17. The zero-order chi connectivity index (χ0) is 10.7. The molecule has 2 rings (SSSR count). The van der Waals surface area contributed by atoms with E-state index in [1.165, 1.54) is 31.2 Å². The second-order valence-corrected chi connectivity index (χ2v) is 4.73. The van der Waals surface area contributed by atoms with Crippen LogP contribution in [0.15, 0.2) is 24.3 Å². The first kappa shape index (κ1) is 13.0. The molecular weight excluding hydrogens is 200 g/mol. The van der Waals surface area contributed by atoms with Gasteiger partial charge in [0.2, 0.25) is 0 Å². The summed E-state index contributed by atoms with van der Waals surface area (Å²) in [6, 6.07) is 8.60. The van der Waals surface area contributed by atoms with Crippen molar-refractivity contribution in [3.63, 3.8) is 0 Å². The van der Waals surface area contributed by atoms with Crippen molar-refractivity contribution in [3.8, 4) is 5.75 Å². The van der Waals surface area contributed by atoms with Crippen LogP contribution < -0.4 is 4.74 Å². The van der Waals surface area contributed by atoms with Gasteiger partial charge < -0.3 is 10.2 Å². The SMILES string of the molecule is COc1ccc(C2CCC(C)CC2)cc1.O. The summed E-state index contributed by atoms with van der Waals surface area (Å²) in [7, 11) is 1.72. The summed E-state index contributed by atoms with van der Waals surface area (Å²) in [6.45, 7) is 2.37. The van der Waals surface area contributed by atoms with E-state index in [9.17, 15) is 0 Å². The van der Waals surface area contributed by atoms with Crippen LogP contribution in [0.5, 0.6) is 5.75 Å². The summed E-state index contributed by atoms with van der Waals surface area (Å²) in [5.74, 6) is 2.68. The van der Waals surface area contributed by atoms with Crippen molar-refractivity contribution < 1.29 is 10.2 Å². The zero-order valence-electron chi connectivity index (χ0n) is 10.2. The minimum absolute atomic E-state index is 0. The molecule has 1 fully saturated rings. The van der Waals surface area contributed by atoms with Gasteiger partial charge in [-0.25, -0.2) is 0 Å². The minimum Gasteiger partial charge on any atom is -0.497 e. The largest absolute Gasteiger partial charge is 0.497 e. The Kier molecular flexibility index (Phi) is 4.81. The Hall–Kier alpha value is -1.02. The van der Waals surface area contributed by atoms with Gasteiger partial charge in [-0.15, -0.1) is 0 Å². The maximum Gasteiger partial charge on any atom is 0.118 e. The van der Waals surface area contributed by atoms with Gasteiger partial charge in [-0.1, -0.05) is 31.9 Å². The highest BCUT2D eigenvalue weighted by atomic mass is 16.5. The molecule has 0 atom stereocenters. The van der Waals surface area contributed by atoms with E-state index in [0.29, 0.717) is 0 Å². The standard InChI is InChI=1S/C14H20O.H2O/c1-11-3-5-12(6-4-11)13-7-9-14(15-2)10-8-13;/h7-12H,3-6H2,1-2H3;1H2. The fraction of sp³-hybridized carbons (Fsp3) is 0.571. The summed E-state index contributed by atoms with van der Waals surface area (Å²) in [5.41, 5.74) is 1.49. The third-order valence-electron chi connectivity index (χ3n) is 3.60. The summed E-state index contributed by atoms with van der Waals surface area (Å²) in [6.07, 6.45) is 5.48. The molecule has 1 aliphatic carbocycles. The average molecular weight is 222 g/mol. The molecule has 0 aliphatic heterocycles. The van der Waals surface area contributed by atoms with Gasteiger partial charge in [0.1, 0.15) is 5.75 Å². The average Bonchev–Trinajstić information content (AvgIpc) is 2.30. The Balaban J connectivity index is 0.00000128. The van der Waals surface area contributed by atoms with Gasteiger partial charge in [0, 0.05) is 0 Å². The molecule has 2 N–H and O–H groups in total. The van der Waals surface area contributed by atoms with E-state index < -0.39 is 0 Å². The fourth-order valence-electron chi connectivity index (χ4n) is 2.47. The highest BCUT2D eigenvalue weighted by molar-refractivity contribution is 5.29. The second kappa shape index (κ2) is 5.90. The van der Waals surface area contributed by atoms with Crippen molar-refractivity contribution in [2.75, 3.05) is 7.11 Å². The molecule has 0 saturated heterocycles. The van der Waals surface area contributed by atoms with Crippen LogP contribution >= 0.6 is 0 Å². The zero-order valence-corrected chi connectivity index (χ0v) is 10.2. The predicted octanol–water partition coefficient (Wildman–Crippen LogP) is 3.16. The van der Waals surface area contributed by atoms with Crippen LogP contribution in [-0.4, -0.2) is 12.6 Å². The Labute approximate surface area is 97.9 Å². The molecule has 0 heterocycles. The second-order valence-electron chi connectivity index (χ2n) is 4.73. The van der Waals surface area contributed by atoms with Crippen molar-refractivity contribution in [1.82, 2.24) is 0 Å². The van der Waals surface area contributed by atoms with E-state index in [-0.39, 0.29) is 5.48 Å². The topological polar surface area (TPSA) is 40.7 Å². The van der Waals surface area contributed by atoms with Gasteiger partial charge in [0.05, 0.1) is 7.11 Å². The molecule has 90 valence electrons. The van der Waals surface area contributed by atoms with E-state index in [2.05, 4.69) is 31.2 Å². The number of hydrogen-bond donors (Lipinski definition) is 0.